The highest BCUT2D eigenvalue weighted by molar-refractivity contribution is 9.10. The van der Waals surface area contributed by atoms with E-state index in [1.54, 1.807) is 18.2 Å². The summed E-state index contributed by atoms with van der Waals surface area (Å²) in [6.45, 7) is 2.03. The lowest BCUT2D eigenvalue weighted by Crippen LogP contribution is -2.18. The van der Waals surface area contributed by atoms with Crippen molar-refractivity contribution in [2.45, 2.75) is 13.3 Å². The van der Waals surface area contributed by atoms with Crippen LogP contribution in [0.3, 0.4) is 0 Å². The molecule has 0 radical (unpaired) electrons. The van der Waals surface area contributed by atoms with Gasteiger partial charge in [0.2, 0.25) is 0 Å². The molecule has 0 saturated heterocycles. The summed E-state index contributed by atoms with van der Waals surface area (Å²) in [6, 6.07) is 10.6. The van der Waals surface area contributed by atoms with Gasteiger partial charge in [-0.15, -0.1) is 0 Å². The highest BCUT2D eigenvalue weighted by atomic mass is 79.9. The molecule has 4 nitrogen and oxygen atoms in total. The minimum absolute atomic E-state index is 0.262. The summed E-state index contributed by atoms with van der Waals surface area (Å²) in [6.07, 6.45) is 0.812. The predicted octanol–water partition coefficient (Wildman–Crippen LogP) is 4.20. The van der Waals surface area contributed by atoms with Gasteiger partial charge in [0.15, 0.2) is 0 Å². The number of halogens is 2. The van der Waals surface area contributed by atoms with Gasteiger partial charge in [-0.3, -0.25) is 10.6 Å². The summed E-state index contributed by atoms with van der Waals surface area (Å²) in [7, 11) is 0. The number of nitrogens with one attached hydrogen (secondary N) is 2. The van der Waals surface area contributed by atoms with E-state index in [1.165, 1.54) is 0 Å². The number of hydrogen-bond acceptors (Lipinski definition) is 3. The number of rotatable bonds is 4. The average Bonchev–Trinajstić information content (AvgIpc) is 2.48. The first kappa shape index (κ1) is 15.8. The van der Waals surface area contributed by atoms with Crippen molar-refractivity contribution in [1.82, 2.24) is 0 Å². The molecule has 21 heavy (non-hydrogen) atoms. The van der Waals surface area contributed by atoms with Crippen LogP contribution in [0.1, 0.15) is 22.8 Å². The van der Waals surface area contributed by atoms with Gasteiger partial charge in [0.05, 0.1) is 11.3 Å². The first-order chi connectivity index (χ1) is 10.0. The number of carbonyl (C=O) groups is 1. The molecule has 0 spiro atoms. The van der Waals surface area contributed by atoms with Crippen LogP contribution in [0.2, 0.25) is 5.02 Å². The van der Waals surface area contributed by atoms with Crippen molar-refractivity contribution in [3.8, 4) is 0 Å². The zero-order valence-electron chi connectivity index (χ0n) is 11.4. The van der Waals surface area contributed by atoms with E-state index < -0.39 is 0 Å². The van der Waals surface area contributed by atoms with E-state index in [0.717, 1.165) is 22.1 Å². The zero-order valence-corrected chi connectivity index (χ0v) is 13.8. The molecular weight excluding hydrogens is 354 g/mol. The van der Waals surface area contributed by atoms with Crippen LogP contribution in [-0.2, 0) is 6.42 Å². The van der Waals surface area contributed by atoms with Crippen LogP contribution in [0, 0.1) is 0 Å². The standard InChI is InChI=1S/C15H15BrClN3O/c1-2-9-7-10(16)3-5-13(9)19-15(21)12-8-11(17)4-6-14(12)20-18/h3-8,20H,2,18H2,1H3,(H,19,21). The van der Waals surface area contributed by atoms with Crippen molar-refractivity contribution < 1.29 is 4.79 Å². The van der Waals surface area contributed by atoms with Crippen LogP contribution in [0.15, 0.2) is 40.9 Å². The van der Waals surface area contributed by atoms with Crippen LogP contribution in [0.25, 0.3) is 0 Å². The number of benzene rings is 2. The van der Waals surface area contributed by atoms with E-state index in [9.17, 15) is 4.79 Å². The Labute approximate surface area is 136 Å². The zero-order chi connectivity index (χ0) is 15.4. The van der Waals surface area contributed by atoms with Gasteiger partial charge in [-0.25, -0.2) is 0 Å². The predicted molar refractivity (Wildman–Crippen MR) is 90.7 cm³/mol. The molecule has 4 N–H and O–H groups in total. The van der Waals surface area contributed by atoms with Crippen molar-refractivity contribution >= 4 is 44.8 Å². The number of anilines is 2. The molecule has 0 aliphatic rings. The number of aryl methyl sites for hydroxylation is 1. The maximum atomic E-state index is 12.4. The summed E-state index contributed by atoms with van der Waals surface area (Å²) in [5, 5.41) is 3.37. The Morgan fingerprint density at radius 3 is 2.62 bits per heavy atom. The number of hydrogen-bond donors (Lipinski definition) is 3. The van der Waals surface area contributed by atoms with Gasteiger partial charge < -0.3 is 10.7 Å². The molecular formula is C15H15BrClN3O. The summed E-state index contributed by atoms with van der Waals surface area (Å²) >= 11 is 9.37. The summed E-state index contributed by atoms with van der Waals surface area (Å²) in [4.78, 5) is 12.4. The molecule has 2 rings (SSSR count). The van der Waals surface area contributed by atoms with Gasteiger partial charge in [0.1, 0.15) is 0 Å². The largest absolute Gasteiger partial charge is 0.323 e. The Morgan fingerprint density at radius 1 is 1.24 bits per heavy atom. The molecule has 0 saturated carbocycles. The highest BCUT2D eigenvalue weighted by Gasteiger charge is 2.13. The maximum Gasteiger partial charge on any atom is 0.257 e. The van der Waals surface area contributed by atoms with Crippen molar-refractivity contribution in [3.63, 3.8) is 0 Å². The lowest BCUT2D eigenvalue weighted by atomic mass is 10.1. The monoisotopic (exact) mass is 367 g/mol. The minimum atomic E-state index is -0.262. The molecule has 0 aliphatic heterocycles. The first-order valence-electron chi connectivity index (χ1n) is 6.41. The second kappa shape index (κ2) is 6.93. The van der Waals surface area contributed by atoms with Crippen LogP contribution in [0.4, 0.5) is 11.4 Å². The van der Waals surface area contributed by atoms with Crippen molar-refractivity contribution in [3.05, 3.63) is 57.0 Å². The summed E-state index contributed by atoms with van der Waals surface area (Å²) < 4.78 is 0.976. The Balaban J connectivity index is 2.32. The summed E-state index contributed by atoms with van der Waals surface area (Å²) in [5.41, 5.74) is 5.23. The van der Waals surface area contributed by atoms with E-state index in [-0.39, 0.29) is 5.91 Å². The minimum Gasteiger partial charge on any atom is -0.323 e. The molecule has 0 fully saturated rings. The Morgan fingerprint density at radius 2 is 1.95 bits per heavy atom. The topological polar surface area (TPSA) is 67.2 Å². The Bertz CT molecular complexity index is 676. The number of amides is 1. The normalized spacial score (nSPS) is 10.3. The molecule has 0 heterocycles. The summed E-state index contributed by atoms with van der Waals surface area (Å²) in [5.74, 6) is 5.17. The number of hydrazine groups is 1. The number of nitrogen functional groups attached to an aromatic ring is 1. The van der Waals surface area contributed by atoms with E-state index in [4.69, 9.17) is 17.4 Å². The molecule has 0 aromatic heterocycles. The van der Waals surface area contributed by atoms with Crippen LogP contribution < -0.4 is 16.6 Å². The van der Waals surface area contributed by atoms with Crippen LogP contribution in [-0.4, -0.2) is 5.91 Å². The third kappa shape index (κ3) is 3.75. The molecule has 1 amide bonds. The number of carbonyl (C=O) groups excluding carboxylic acids is 1. The third-order valence-corrected chi connectivity index (χ3v) is 3.81. The molecule has 6 heteroatoms. The Hall–Kier alpha value is -1.56. The van der Waals surface area contributed by atoms with Gasteiger partial charge in [0.25, 0.3) is 5.91 Å². The quantitative estimate of drug-likeness (QED) is 0.559. The van der Waals surface area contributed by atoms with Gasteiger partial charge in [-0.05, 0) is 48.4 Å². The fourth-order valence-electron chi connectivity index (χ4n) is 2.00. The van der Waals surface area contributed by atoms with Gasteiger partial charge in [0, 0.05) is 15.2 Å². The van der Waals surface area contributed by atoms with Gasteiger partial charge >= 0.3 is 0 Å². The molecule has 0 aliphatic carbocycles. The fourth-order valence-corrected chi connectivity index (χ4v) is 2.58. The lowest BCUT2D eigenvalue weighted by Gasteiger charge is -2.13. The molecule has 0 unspecified atom stereocenters. The lowest BCUT2D eigenvalue weighted by molar-refractivity contribution is 0.102. The second-order valence-corrected chi connectivity index (χ2v) is 5.80. The van der Waals surface area contributed by atoms with Gasteiger partial charge in [-0.2, -0.15) is 0 Å². The molecule has 0 atom stereocenters. The molecule has 2 aromatic carbocycles. The highest BCUT2D eigenvalue weighted by Crippen LogP contribution is 2.25. The molecule has 2 aromatic rings. The fraction of sp³-hybridized carbons (Fsp3) is 0.133. The third-order valence-electron chi connectivity index (χ3n) is 3.08. The maximum absolute atomic E-state index is 12.4. The van der Waals surface area contributed by atoms with Crippen molar-refractivity contribution in [1.29, 1.82) is 0 Å². The van der Waals surface area contributed by atoms with E-state index >= 15 is 0 Å². The van der Waals surface area contributed by atoms with Crippen molar-refractivity contribution in [2.24, 2.45) is 5.84 Å². The number of nitrogens with two attached hydrogens (primary N) is 1. The van der Waals surface area contributed by atoms with Crippen LogP contribution in [0.5, 0.6) is 0 Å². The molecule has 110 valence electrons. The second-order valence-electron chi connectivity index (χ2n) is 4.44. The van der Waals surface area contributed by atoms with Gasteiger partial charge in [-0.1, -0.05) is 34.5 Å². The SMILES string of the molecule is CCc1cc(Br)ccc1NC(=O)c1cc(Cl)ccc1NN. The van der Waals surface area contributed by atoms with E-state index in [1.807, 2.05) is 25.1 Å². The average molecular weight is 369 g/mol. The van der Waals surface area contributed by atoms with E-state index in [0.29, 0.717) is 16.3 Å². The molecule has 0 bridgehead atoms. The van der Waals surface area contributed by atoms with Crippen LogP contribution >= 0.6 is 27.5 Å². The Kier molecular flexibility index (Phi) is 5.22. The smallest absolute Gasteiger partial charge is 0.257 e. The van der Waals surface area contributed by atoms with E-state index in [2.05, 4.69) is 26.7 Å². The van der Waals surface area contributed by atoms with Crippen molar-refractivity contribution in [2.75, 3.05) is 10.7 Å². The first-order valence-corrected chi connectivity index (χ1v) is 7.58.